The van der Waals surface area contributed by atoms with Crippen molar-refractivity contribution in [3.8, 4) is 0 Å². The lowest BCUT2D eigenvalue weighted by molar-refractivity contribution is 0.425. The number of aryl methyl sites for hydroxylation is 2. The molecule has 1 N–H and O–H groups in total. The third kappa shape index (κ3) is 4.59. The Morgan fingerprint density at radius 1 is 0.800 bits per heavy atom. The maximum Gasteiger partial charge on any atom is 0.0882 e. The van der Waals surface area contributed by atoms with Crippen LogP contribution in [0.3, 0.4) is 0 Å². The summed E-state index contributed by atoms with van der Waals surface area (Å²) in [5.74, 6) is 0. The van der Waals surface area contributed by atoms with E-state index in [1.54, 1.807) is 0 Å². The van der Waals surface area contributed by atoms with E-state index in [0.717, 1.165) is 17.9 Å². The molecule has 1 aliphatic heterocycles. The summed E-state index contributed by atoms with van der Waals surface area (Å²) in [5.41, 5.74) is 9.50. The molecule has 0 fully saturated rings. The SMILES string of the molecule is Cc1ccc(NCc2ccc(N3N=C(c4ccccc4)C(C)(C)C3c3ccccc3)cc2)c(C)c1. The molecule has 0 saturated carbocycles. The summed E-state index contributed by atoms with van der Waals surface area (Å²) in [5, 5.41) is 11.0. The second-order valence-electron chi connectivity index (χ2n) is 10.0. The molecule has 0 saturated heterocycles. The number of hydrogen-bond donors (Lipinski definition) is 1. The molecule has 1 aliphatic rings. The smallest absolute Gasteiger partial charge is 0.0882 e. The molecule has 176 valence electrons. The molecule has 4 aromatic rings. The van der Waals surface area contributed by atoms with Crippen molar-refractivity contribution in [1.29, 1.82) is 0 Å². The zero-order chi connectivity index (χ0) is 24.4. The van der Waals surface area contributed by atoms with Crippen LogP contribution < -0.4 is 10.3 Å². The van der Waals surface area contributed by atoms with Crippen LogP contribution in [0.4, 0.5) is 11.4 Å². The highest BCUT2D eigenvalue weighted by Gasteiger charge is 2.46. The minimum absolute atomic E-state index is 0.109. The third-order valence-electron chi connectivity index (χ3n) is 6.97. The second kappa shape index (κ2) is 9.42. The van der Waals surface area contributed by atoms with Gasteiger partial charge in [-0.2, -0.15) is 5.10 Å². The predicted molar refractivity (Wildman–Crippen MR) is 148 cm³/mol. The van der Waals surface area contributed by atoms with Gasteiger partial charge in [-0.15, -0.1) is 0 Å². The van der Waals surface area contributed by atoms with Crippen LogP contribution in [-0.4, -0.2) is 5.71 Å². The van der Waals surface area contributed by atoms with Gasteiger partial charge in [0.1, 0.15) is 0 Å². The first-order chi connectivity index (χ1) is 16.9. The van der Waals surface area contributed by atoms with Gasteiger partial charge in [-0.3, -0.25) is 5.01 Å². The van der Waals surface area contributed by atoms with Crippen LogP contribution in [0.2, 0.25) is 0 Å². The van der Waals surface area contributed by atoms with Gasteiger partial charge in [0.25, 0.3) is 0 Å². The molecule has 3 heteroatoms. The molecule has 35 heavy (non-hydrogen) atoms. The molecule has 1 atom stereocenters. The Hall–Kier alpha value is -3.85. The molecular formula is C32H33N3. The van der Waals surface area contributed by atoms with Gasteiger partial charge >= 0.3 is 0 Å². The number of rotatable bonds is 6. The van der Waals surface area contributed by atoms with Crippen LogP contribution in [0.5, 0.6) is 0 Å². The Morgan fingerprint density at radius 3 is 2.11 bits per heavy atom. The summed E-state index contributed by atoms with van der Waals surface area (Å²) in [6.07, 6.45) is 0. The lowest BCUT2D eigenvalue weighted by atomic mass is 9.75. The van der Waals surface area contributed by atoms with E-state index in [1.807, 2.05) is 0 Å². The van der Waals surface area contributed by atoms with Crippen molar-refractivity contribution in [3.63, 3.8) is 0 Å². The largest absolute Gasteiger partial charge is 0.381 e. The van der Waals surface area contributed by atoms with Crippen LogP contribution in [0.1, 0.15) is 47.7 Å². The van der Waals surface area contributed by atoms with Crippen molar-refractivity contribution in [1.82, 2.24) is 0 Å². The van der Waals surface area contributed by atoms with Crippen LogP contribution in [0, 0.1) is 19.3 Å². The van der Waals surface area contributed by atoms with Crippen molar-refractivity contribution >= 4 is 17.1 Å². The molecular weight excluding hydrogens is 426 g/mol. The van der Waals surface area contributed by atoms with E-state index in [1.165, 1.54) is 33.5 Å². The Labute approximate surface area is 209 Å². The van der Waals surface area contributed by atoms with Gasteiger partial charge < -0.3 is 5.32 Å². The maximum atomic E-state index is 5.22. The van der Waals surface area contributed by atoms with Gasteiger partial charge in [-0.25, -0.2) is 0 Å². The molecule has 1 unspecified atom stereocenters. The van der Waals surface area contributed by atoms with Crippen LogP contribution in [0.15, 0.2) is 108 Å². The minimum atomic E-state index is -0.161. The monoisotopic (exact) mass is 459 g/mol. The van der Waals surface area contributed by atoms with E-state index in [0.29, 0.717) is 0 Å². The molecule has 0 spiro atoms. The highest BCUT2D eigenvalue weighted by Crippen LogP contribution is 2.48. The Morgan fingerprint density at radius 2 is 1.46 bits per heavy atom. The third-order valence-corrected chi connectivity index (χ3v) is 6.97. The summed E-state index contributed by atoms with van der Waals surface area (Å²) < 4.78 is 0. The van der Waals surface area contributed by atoms with E-state index in [4.69, 9.17) is 5.10 Å². The first kappa shape index (κ1) is 22.9. The standard InChI is InChI=1S/C32H33N3/c1-23-15-20-29(24(2)21-23)33-22-25-16-18-28(19-17-25)35-31(27-13-9-6-10-14-27)32(3,4)30(34-35)26-11-7-5-8-12-26/h5-21,31,33H,22H2,1-4H3. The van der Waals surface area contributed by atoms with E-state index in [2.05, 4.69) is 141 Å². The molecule has 4 aromatic carbocycles. The molecule has 0 radical (unpaired) electrons. The lowest BCUT2D eigenvalue weighted by Gasteiger charge is -2.33. The van der Waals surface area contributed by atoms with Gasteiger partial charge in [-0.05, 0) is 54.3 Å². The predicted octanol–water partition coefficient (Wildman–Crippen LogP) is 7.91. The molecule has 5 rings (SSSR count). The molecule has 0 aromatic heterocycles. The van der Waals surface area contributed by atoms with Crippen molar-refractivity contribution in [2.45, 2.75) is 40.3 Å². The molecule has 3 nitrogen and oxygen atoms in total. The fourth-order valence-corrected chi connectivity index (χ4v) is 5.13. The molecule has 0 amide bonds. The topological polar surface area (TPSA) is 27.6 Å². The fourth-order valence-electron chi connectivity index (χ4n) is 5.13. The van der Waals surface area contributed by atoms with Gasteiger partial charge in [0.15, 0.2) is 0 Å². The van der Waals surface area contributed by atoms with Crippen LogP contribution >= 0.6 is 0 Å². The average Bonchev–Trinajstić information content (AvgIpc) is 3.15. The first-order valence-electron chi connectivity index (χ1n) is 12.3. The number of hydrazone groups is 1. The summed E-state index contributed by atoms with van der Waals surface area (Å²) in [7, 11) is 0. The zero-order valence-electron chi connectivity index (χ0n) is 21.0. The molecule has 0 bridgehead atoms. The summed E-state index contributed by atoms with van der Waals surface area (Å²) in [4.78, 5) is 0. The summed E-state index contributed by atoms with van der Waals surface area (Å²) in [6, 6.07) is 36.7. The summed E-state index contributed by atoms with van der Waals surface area (Å²) in [6.45, 7) is 9.68. The van der Waals surface area contributed by atoms with Crippen LogP contribution in [-0.2, 0) is 6.54 Å². The van der Waals surface area contributed by atoms with Crippen molar-refractivity contribution in [2.75, 3.05) is 10.3 Å². The second-order valence-corrected chi connectivity index (χ2v) is 10.0. The number of anilines is 2. The zero-order valence-corrected chi connectivity index (χ0v) is 21.0. The lowest BCUT2D eigenvalue weighted by Crippen LogP contribution is -2.32. The van der Waals surface area contributed by atoms with E-state index >= 15 is 0 Å². The van der Waals surface area contributed by atoms with E-state index in [-0.39, 0.29) is 11.5 Å². The van der Waals surface area contributed by atoms with Gasteiger partial charge in [0, 0.05) is 17.6 Å². The van der Waals surface area contributed by atoms with Crippen molar-refractivity contribution in [3.05, 3.63) is 131 Å². The van der Waals surface area contributed by atoms with Gasteiger partial charge in [0.2, 0.25) is 0 Å². The minimum Gasteiger partial charge on any atom is -0.381 e. The van der Waals surface area contributed by atoms with Gasteiger partial charge in [-0.1, -0.05) is 104 Å². The van der Waals surface area contributed by atoms with Crippen LogP contribution in [0.25, 0.3) is 0 Å². The number of hydrogen-bond acceptors (Lipinski definition) is 3. The summed E-state index contributed by atoms with van der Waals surface area (Å²) >= 11 is 0. The molecule has 1 heterocycles. The molecule has 0 aliphatic carbocycles. The highest BCUT2D eigenvalue weighted by molar-refractivity contribution is 6.07. The highest BCUT2D eigenvalue weighted by atomic mass is 15.5. The number of nitrogens with one attached hydrogen (secondary N) is 1. The Bertz CT molecular complexity index is 1320. The van der Waals surface area contributed by atoms with Gasteiger partial charge in [0.05, 0.1) is 17.4 Å². The number of nitrogens with zero attached hydrogens (tertiary/aromatic N) is 2. The van der Waals surface area contributed by atoms with E-state index in [9.17, 15) is 0 Å². The first-order valence-corrected chi connectivity index (χ1v) is 12.3. The van der Waals surface area contributed by atoms with Crippen molar-refractivity contribution < 1.29 is 0 Å². The van der Waals surface area contributed by atoms with E-state index < -0.39 is 0 Å². The Balaban J connectivity index is 1.44. The Kier molecular flexibility index (Phi) is 6.17. The maximum absolute atomic E-state index is 5.22. The quantitative estimate of drug-likeness (QED) is 0.317. The number of benzene rings is 4. The normalized spacial score (nSPS) is 16.7. The van der Waals surface area contributed by atoms with Crippen molar-refractivity contribution in [2.24, 2.45) is 10.5 Å². The average molecular weight is 460 g/mol. The fraction of sp³-hybridized carbons (Fsp3) is 0.219.